The molecule has 3 rings (SSSR count). The van der Waals surface area contributed by atoms with E-state index in [-0.39, 0.29) is 6.04 Å². The van der Waals surface area contributed by atoms with E-state index < -0.39 is 11.7 Å². The molecule has 0 saturated carbocycles. The first kappa shape index (κ1) is 20.7. The third kappa shape index (κ3) is 5.52. The standard InChI is InChI=1S/C20H23ClF3N3O/c1-2-28-18-11-14(3-5-17(18)21)13-27-9-7-16(8-10-27)26-19-6-4-15(12-25-19)20(22,23)24/h3-6,11-12,16H,2,7-10,13H2,1H3,(H,25,26). The Hall–Kier alpha value is -1.99. The van der Waals surface area contributed by atoms with Crippen molar-refractivity contribution in [3.8, 4) is 5.75 Å². The zero-order valence-corrected chi connectivity index (χ0v) is 16.4. The summed E-state index contributed by atoms with van der Waals surface area (Å²) in [6, 6.07) is 8.47. The van der Waals surface area contributed by atoms with Crippen LogP contribution in [0.1, 0.15) is 30.9 Å². The number of halogens is 4. The SMILES string of the molecule is CCOc1cc(CN2CCC(Nc3ccc(C(F)(F)F)cn3)CC2)ccc1Cl. The van der Waals surface area contributed by atoms with Crippen LogP contribution in [0.5, 0.6) is 5.75 Å². The molecule has 1 aromatic carbocycles. The van der Waals surface area contributed by atoms with E-state index in [0.29, 0.717) is 23.2 Å². The molecule has 0 bridgehead atoms. The molecule has 2 heterocycles. The fourth-order valence-electron chi connectivity index (χ4n) is 3.26. The largest absolute Gasteiger partial charge is 0.492 e. The van der Waals surface area contributed by atoms with E-state index in [1.165, 1.54) is 6.07 Å². The normalized spacial score (nSPS) is 16.2. The van der Waals surface area contributed by atoms with Gasteiger partial charge in [-0.05, 0) is 49.6 Å². The molecule has 8 heteroatoms. The molecule has 0 unspecified atom stereocenters. The molecule has 4 nitrogen and oxygen atoms in total. The molecule has 2 aromatic rings. The van der Waals surface area contributed by atoms with Crippen molar-refractivity contribution in [2.45, 2.75) is 38.5 Å². The van der Waals surface area contributed by atoms with Crippen LogP contribution >= 0.6 is 11.6 Å². The minimum Gasteiger partial charge on any atom is -0.492 e. The first-order chi connectivity index (χ1) is 13.3. The Labute approximate surface area is 167 Å². The molecule has 1 aromatic heterocycles. The molecule has 0 atom stereocenters. The lowest BCUT2D eigenvalue weighted by Crippen LogP contribution is -2.38. The molecule has 0 spiro atoms. The molecule has 1 aliphatic heterocycles. The van der Waals surface area contributed by atoms with Crippen LogP contribution in [-0.2, 0) is 12.7 Å². The van der Waals surface area contributed by atoms with Gasteiger partial charge >= 0.3 is 6.18 Å². The van der Waals surface area contributed by atoms with Crippen LogP contribution in [0.3, 0.4) is 0 Å². The Morgan fingerprint density at radius 1 is 1.21 bits per heavy atom. The van der Waals surface area contributed by atoms with Crippen molar-refractivity contribution in [2.24, 2.45) is 0 Å². The quantitative estimate of drug-likeness (QED) is 0.703. The number of anilines is 1. The van der Waals surface area contributed by atoms with Crippen molar-refractivity contribution >= 4 is 17.4 Å². The summed E-state index contributed by atoms with van der Waals surface area (Å²) in [7, 11) is 0. The van der Waals surface area contributed by atoms with Crippen molar-refractivity contribution in [3.63, 3.8) is 0 Å². The number of piperidine rings is 1. The van der Waals surface area contributed by atoms with Crippen LogP contribution in [0.4, 0.5) is 19.0 Å². The smallest absolute Gasteiger partial charge is 0.417 e. The molecule has 152 valence electrons. The molecule has 1 aliphatic rings. The second kappa shape index (κ2) is 9.01. The highest BCUT2D eigenvalue weighted by Crippen LogP contribution is 2.29. The molecule has 1 fully saturated rings. The lowest BCUT2D eigenvalue weighted by molar-refractivity contribution is -0.137. The first-order valence-electron chi connectivity index (χ1n) is 9.28. The lowest BCUT2D eigenvalue weighted by Gasteiger charge is -2.32. The fraction of sp³-hybridized carbons (Fsp3) is 0.450. The summed E-state index contributed by atoms with van der Waals surface area (Å²) in [5.41, 5.74) is 0.408. The van der Waals surface area contributed by atoms with Gasteiger partial charge in [0, 0.05) is 31.9 Å². The summed E-state index contributed by atoms with van der Waals surface area (Å²) in [4.78, 5) is 6.23. The van der Waals surface area contributed by atoms with Crippen LogP contribution in [0, 0.1) is 0 Å². The predicted molar refractivity (Wildman–Crippen MR) is 104 cm³/mol. The van der Waals surface area contributed by atoms with Gasteiger partial charge in [0.25, 0.3) is 0 Å². The molecule has 0 radical (unpaired) electrons. The first-order valence-corrected chi connectivity index (χ1v) is 9.66. The van der Waals surface area contributed by atoms with E-state index in [2.05, 4.69) is 15.2 Å². The fourth-order valence-corrected chi connectivity index (χ4v) is 3.43. The van der Waals surface area contributed by atoms with Gasteiger partial charge in [0.1, 0.15) is 11.6 Å². The van der Waals surface area contributed by atoms with E-state index >= 15 is 0 Å². The minimum absolute atomic E-state index is 0.199. The second-order valence-electron chi connectivity index (χ2n) is 6.82. The highest BCUT2D eigenvalue weighted by Gasteiger charge is 2.30. The van der Waals surface area contributed by atoms with Crippen molar-refractivity contribution in [1.82, 2.24) is 9.88 Å². The Kier molecular flexibility index (Phi) is 6.67. The van der Waals surface area contributed by atoms with Crippen LogP contribution < -0.4 is 10.1 Å². The van der Waals surface area contributed by atoms with Gasteiger partial charge in [-0.1, -0.05) is 17.7 Å². The number of alkyl halides is 3. The third-order valence-electron chi connectivity index (χ3n) is 4.73. The highest BCUT2D eigenvalue weighted by atomic mass is 35.5. The predicted octanol–water partition coefficient (Wildman–Crippen LogP) is 5.23. The van der Waals surface area contributed by atoms with Gasteiger partial charge in [-0.15, -0.1) is 0 Å². The topological polar surface area (TPSA) is 37.4 Å². The molecule has 28 heavy (non-hydrogen) atoms. The number of hydrogen-bond acceptors (Lipinski definition) is 4. The van der Waals surface area contributed by atoms with Gasteiger partial charge in [-0.3, -0.25) is 4.90 Å². The van der Waals surface area contributed by atoms with Gasteiger partial charge in [-0.25, -0.2) is 4.98 Å². The van der Waals surface area contributed by atoms with E-state index in [4.69, 9.17) is 16.3 Å². The number of pyridine rings is 1. The highest BCUT2D eigenvalue weighted by molar-refractivity contribution is 6.32. The molecule has 1 N–H and O–H groups in total. The number of benzene rings is 1. The van der Waals surface area contributed by atoms with Crippen LogP contribution in [0.25, 0.3) is 0 Å². The Balaban J connectivity index is 1.50. The van der Waals surface area contributed by atoms with Crippen molar-refractivity contribution in [2.75, 3.05) is 25.0 Å². The number of nitrogens with one attached hydrogen (secondary N) is 1. The van der Waals surface area contributed by atoms with Crippen molar-refractivity contribution in [3.05, 3.63) is 52.7 Å². The van der Waals surface area contributed by atoms with E-state index in [9.17, 15) is 13.2 Å². The molecular formula is C20H23ClF3N3O. The maximum Gasteiger partial charge on any atom is 0.417 e. The molecule has 0 aliphatic carbocycles. The van der Waals surface area contributed by atoms with Crippen LogP contribution in [0.2, 0.25) is 5.02 Å². The van der Waals surface area contributed by atoms with Crippen LogP contribution in [0.15, 0.2) is 36.5 Å². The number of nitrogens with zero attached hydrogens (tertiary/aromatic N) is 2. The zero-order valence-electron chi connectivity index (χ0n) is 15.6. The van der Waals surface area contributed by atoms with E-state index in [0.717, 1.165) is 50.3 Å². The van der Waals surface area contributed by atoms with Crippen molar-refractivity contribution in [1.29, 1.82) is 0 Å². The molecular weight excluding hydrogens is 391 g/mol. The number of likely N-dealkylation sites (tertiary alicyclic amines) is 1. The van der Waals surface area contributed by atoms with Crippen LogP contribution in [-0.4, -0.2) is 35.6 Å². The zero-order chi connectivity index (χ0) is 20.1. The Morgan fingerprint density at radius 2 is 1.96 bits per heavy atom. The lowest BCUT2D eigenvalue weighted by atomic mass is 10.0. The summed E-state index contributed by atoms with van der Waals surface area (Å²) < 4.78 is 43.4. The van der Waals surface area contributed by atoms with Gasteiger partial charge < -0.3 is 10.1 Å². The van der Waals surface area contributed by atoms with Gasteiger partial charge in [-0.2, -0.15) is 13.2 Å². The number of hydrogen-bond donors (Lipinski definition) is 1. The summed E-state index contributed by atoms with van der Waals surface area (Å²) in [6.07, 6.45) is -1.70. The summed E-state index contributed by atoms with van der Waals surface area (Å²) >= 11 is 6.13. The maximum atomic E-state index is 12.6. The van der Waals surface area contributed by atoms with Gasteiger partial charge in [0.05, 0.1) is 17.2 Å². The summed E-state index contributed by atoms with van der Waals surface area (Å²) in [6.45, 7) is 5.09. The van der Waals surface area contributed by atoms with Gasteiger partial charge in [0.2, 0.25) is 0 Å². The Morgan fingerprint density at radius 3 is 2.57 bits per heavy atom. The average Bonchev–Trinajstić information content (AvgIpc) is 2.66. The number of rotatable bonds is 6. The van der Waals surface area contributed by atoms with Gasteiger partial charge in [0.15, 0.2) is 0 Å². The number of ether oxygens (including phenoxy) is 1. The third-order valence-corrected chi connectivity index (χ3v) is 5.04. The van der Waals surface area contributed by atoms with E-state index in [1.54, 1.807) is 0 Å². The summed E-state index contributed by atoms with van der Waals surface area (Å²) in [5.74, 6) is 1.18. The van der Waals surface area contributed by atoms with E-state index in [1.807, 2.05) is 25.1 Å². The summed E-state index contributed by atoms with van der Waals surface area (Å²) in [5, 5.41) is 3.84. The van der Waals surface area contributed by atoms with Crippen molar-refractivity contribution < 1.29 is 17.9 Å². The Bertz CT molecular complexity index is 775. The monoisotopic (exact) mass is 413 g/mol. The minimum atomic E-state index is -4.36. The maximum absolute atomic E-state index is 12.6. The number of aromatic nitrogens is 1. The second-order valence-corrected chi connectivity index (χ2v) is 7.23. The molecule has 0 amide bonds. The molecule has 1 saturated heterocycles. The average molecular weight is 414 g/mol.